The molecule has 0 unspecified atom stereocenters. The summed E-state index contributed by atoms with van der Waals surface area (Å²) in [4.78, 5) is 29.7. The number of carbonyl (C=O) groups excluding carboxylic acids is 2. The van der Waals surface area contributed by atoms with E-state index < -0.39 is 6.10 Å². The molecular formula is C26H31N5O5. The van der Waals surface area contributed by atoms with Crippen molar-refractivity contribution in [1.82, 2.24) is 19.6 Å². The number of aryl methyl sites for hydroxylation is 1. The molecule has 10 nitrogen and oxygen atoms in total. The van der Waals surface area contributed by atoms with Crippen molar-refractivity contribution in [3.8, 4) is 17.2 Å². The van der Waals surface area contributed by atoms with E-state index in [1.165, 1.54) is 0 Å². The first-order chi connectivity index (χ1) is 17.3. The minimum Gasteiger partial charge on any atom is -0.488 e. The number of aliphatic hydroxyl groups is 1. The predicted octanol–water partition coefficient (Wildman–Crippen LogP) is 2.61. The summed E-state index contributed by atoms with van der Waals surface area (Å²) in [6.07, 6.45) is 1.26. The van der Waals surface area contributed by atoms with Crippen LogP contribution in [0.15, 0.2) is 54.7 Å². The Morgan fingerprint density at radius 1 is 0.972 bits per heavy atom. The maximum absolute atomic E-state index is 12.9. The molecule has 1 atom stereocenters. The number of rotatable bonds is 8. The predicted molar refractivity (Wildman–Crippen MR) is 135 cm³/mol. The van der Waals surface area contributed by atoms with Gasteiger partial charge in [-0.15, -0.1) is 0 Å². The minimum atomic E-state index is -0.466. The minimum absolute atomic E-state index is 0.00322. The Kier molecular flexibility index (Phi) is 7.87. The largest absolute Gasteiger partial charge is 0.488 e. The molecule has 10 heteroatoms. The zero-order valence-corrected chi connectivity index (χ0v) is 20.7. The normalized spacial score (nSPS) is 14.8. The van der Waals surface area contributed by atoms with E-state index in [0.717, 1.165) is 13.1 Å². The summed E-state index contributed by atoms with van der Waals surface area (Å²) in [7, 11) is 3.81. The van der Waals surface area contributed by atoms with Crippen LogP contribution >= 0.6 is 0 Å². The van der Waals surface area contributed by atoms with Crippen molar-refractivity contribution < 1.29 is 24.2 Å². The number of nitrogens with zero attached hydrogens (tertiary/aromatic N) is 4. The average molecular weight is 494 g/mol. The van der Waals surface area contributed by atoms with Crippen molar-refractivity contribution >= 4 is 17.6 Å². The molecule has 2 heterocycles. The molecule has 2 N–H and O–H groups in total. The molecule has 1 saturated heterocycles. The molecule has 2 amide bonds. The fraction of sp³-hybridized carbons (Fsp3) is 0.346. The van der Waals surface area contributed by atoms with Crippen LogP contribution in [0.4, 0.5) is 5.82 Å². The van der Waals surface area contributed by atoms with Gasteiger partial charge in [0.05, 0.1) is 6.61 Å². The third-order valence-corrected chi connectivity index (χ3v) is 5.82. The van der Waals surface area contributed by atoms with Gasteiger partial charge in [-0.3, -0.25) is 14.3 Å². The highest BCUT2D eigenvalue weighted by Crippen LogP contribution is 2.29. The molecule has 0 spiro atoms. The molecule has 0 radical (unpaired) electrons. The lowest BCUT2D eigenvalue weighted by atomic mass is 10.1. The number of likely N-dealkylation sites (N-methyl/N-ethyl adjacent to an activating group) is 1. The van der Waals surface area contributed by atoms with Crippen LogP contribution in [0.3, 0.4) is 0 Å². The van der Waals surface area contributed by atoms with E-state index in [-0.39, 0.29) is 18.4 Å². The van der Waals surface area contributed by atoms with E-state index in [9.17, 15) is 14.7 Å². The number of benzene rings is 2. The Bertz CT molecular complexity index is 1200. The number of aromatic nitrogens is 2. The Hall–Kier alpha value is -3.89. The number of ether oxygens (including phenoxy) is 2. The first-order valence-corrected chi connectivity index (χ1v) is 11.8. The topological polar surface area (TPSA) is 109 Å². The first-order valence-electron chi connectivity index (χ1n) is 11.8. The fourth-order valence-electron chi connectivity index (χ4n) is 3.76. The second-order valence-corrected chi connectivity index (χ2v) is 8.85. The monoisotopic (exact) mass is 493 g/mol. The van der Waals surface area contributed by atoms with Crippen molar-refractivity contribution in [2.75, 3.05) is 45.2 Å². The molecule has 0 saturated carbocycles. The van der Waals surface area contributed by atoms with Crippen LogP contribution in [-0.2, 0) is 7.05 Å². The number of nitrogens with one attached hydrogen (secondary N) is 1. The Balaban J connectivity index is 1.50. The third kappa shape index (κ3) is 6.41. The highest BCUT2D eigenvalue weighted by Gasteiger charge is 2.20. The number of amides is 2. The van der Waals surface area contributed by atoms with Gasteiger partial charge in [0.1, 0.15) is 23.4 Å². The Labute approximate surface area is 210 Å². The highest BCUT2D eigenvalue weighted by atomic mass is 16.5. The molecule has 1 aromatic heterocycles. The van der Waals surface area contributed by atoms with Crippen LogP contribution < -0.4 is 14.8 Å². The van der Waals surface area contributed by atoms with Gasteiger partial charge < -0.3 is 29.7 Å². The second-order valence-electron chi connectivity index (χ2n) is 8.85. The number of anilines is 1. The van der Waals surface area contributed by atoms with Crippen LogP contribution in [0.1, 0.15) is 27.6 Å². The SMILES string of the molecule is C[C@@H](CO)Oc1cc(Oc2ccc(C(=O)N3CCN(C)CC3)cc2)cc(C(=O)Nc2ccn(C)n2)c1. The van der Waals surface area contributed by atoms with Gasteiger partial charge in [0.25, 0.3) is 11.8 Å². The van der Waals surface area contributed by atoms with Gasteiger partial charge in [-0.05, 0) is 50.4 Å². The summed E-state index contributed by atoms with van der Waals surface area (Å²) < 4.78 is 13.3. The zero-order chi connectivity index (χ0) is 25.7. The zero-order valence-electron chi connectivity index (χ0n) is 20.7. The van der Waals surface area contributed by atoms with Crippen LogP contribution in [0.25, 0.3) is 0 Å². The number of piperazine rings is 1. The summed E-state index contributed by atoms with van der Waals surface area (Å²) in [6.45, 7) is 4.67. The van der Waals surface area contributed by atoms with Gasteiger partial charge in [0.2, 0.25) is 0 Å². The number of hydrogen-bond donors (Lipinski definition) is 2. The molecule has 0 aliphatic carbocycles. The molecule has 4 rings (SSSR count). The number of hydrogen-bond acceptors (Lipinski definition) is 7. The van der Waals surface area contributed by atoms with Gasteiger partial charge in [-0.2, -0.15) is 5.10 Å². The second kappa shape index (κ2) is 11.2. The Morgan fingerprint density at radius 2 is 1.67 bits per heavy atom. The standard InChI is InChI=1S/C26H31N5O5/c1-18(17-32)35-22-14-20(25(33)27-24-8-9-30(3)28-24)15-23(16-22)36-21-6-4-19(5-7-21)26(34)31-12-10-29(2)11-13-31/h4-9,14-16,18,32H,10-13,17H2,1-3H3,(H,27,28,33)/t18-/m0/s1. The van der Waals surface area contributed by atoms with Crippen LogP contribution in [0.5, 0.6) is 17.2 Å². The lowest BCUT2D eigenvalue weighted by Crippen LogP contribution is -2.47. The van der Waals surface area contributed by atoms with Gasteiger partial charge in [0.15, 0.2) is 5.82 Å². The summed E-state index contributed by atoms with van der Waals surface area (Å²) in [5.74, 6) is 1.29. The summed E-state index contributed by atoms with van der Waals surface area (Å²) in [6, 6.07) is 13.4. The van der Waals surface area contributed by atoms with E-state index in [1.807, 2.05) is 11.9 Å². The number of carbonyl (C=O) groups is 2. The third-order valence-electron chi connectivity index (χ3n) is 5.82. The maximum Gasteiger partial charge on any atom is 0.257 e. The molecular weight excluding hydrogens is 462 g/mol. The van der Waals surface area contributed by atoms with Crippen molar-refractivity contribution in [2.45, 2.75) is 13.0 Å². The van der Waals surface area contributed by atoms with Gasteiger partial charge >= 0.3 is 0 Å². The van der Waals surface area contributed by atoms with Crippen LogP contribution in [0, 0.1) is 0 Å². The van der Waals surface area contributed by atoms with Crippen molar-refractivity contribution in [1.29, 1.82) is 0 Å². The summed E-state index contributed by atoms with van der Waals surface area (Å²) in [5, 5.41) is 16.3. The summed E-state index contributed by atoms with van der Waals surface area (Å²) >= 11 is 0. The highest BCUT2D eigenvalue weighted by molar-refractivity contribution is 6.04. The molecule has 1 aliphatic rings. The van der Waals surface area contributed by atoms with E-state index in [0.29, 0.717) is 47.3 Å². The van der Waals surface area contributed by atoms with E-state index in [4.69, 9.17) is 9.47 Å². The van der Waals surface area contributed by atoms with Gasteiger partial charge in [0, 0.05) is 62.7 Å². The van der Waals surface area contributed by atoms with E-state index in [1.54, 1.807) is 73.4 Å². The lowest BCUT2D eigenvalue weighted by molar-refractivity contribution is 0.0664. The molecule has 2 aromatic carbocycles. The molecule has 1 aliphatic heterocycles. The molecule has 190 valence electrons. The maximum atomic E-state index is 12.9. The Morgan fingerprint density at radius 3 is 2.31 bits per heavy atom. The van der Waals surface area contributed by atoms with Crippen molar-refractivity contribution in [3.05, 3.63) is 65.9 Å². The lowest BCUT2D eigenvalue weighted by Gasteiger charge is -2.32. The number of aliphatic hydroxyl groups excluding tert-OH is 1. The molecule has 0 bridgehead atoms. The quantitative estimate of drug-likeness (QED) is 0.497. The van der Waals surface area contributed by atoms with Crippen molar-refractivity contribution in [2.24, 2.45) is 7.05 Å². The molecule has 3 aromatic rings. The van der Waals surface area contributed by atoms with Crippen LogP contribution in [0.2, 0.25) is 0 Å². The fourth-order valence-corrected chi connectivity index (χ4v) is 3.76. The van der Waals surface area contributed by atoms with Crippen molar-refractivity contribution in [3.63, 3.8) is 0 Å². The molecule has 1 fully saturated rings. The van der Waals surface area contributed by atoms with E-state index in [2.05, 4.69) is 15.3 Å². The smallest absolute Gasteiger partial charge is 0.257 e. The average Bonchev–Trinajstić information content (AvgIpc) is 3.28. The first kappa shape index (κ1) is 25.2. The van der Waals surface area contributed by atoms with E-state index >= 15 is 0 Å². The van der Waals surface area contributed by atoms with Gasteiger partial charge in [-0.25, -0.2) is 0 Å². The molecule has 36 heavy (non-hydrogen) atoms. The van der Waals surface area contributed by atoms with Gasteiger partial charge in [-0.1, -0.05) is 0 Å². The van der Waals surface area contributed by atoms with Crippen LogP contribution in [-0.4, -0.2) is 82.4 Å². The summed E-state index contributed by atoms with van der Waals surface area (Å²) in [5.41, 5.74) is 0.899.